The second-order valence-corrected chi connectivity index (χ2v) is 6.82. The molecule has 0 aromatic heterocycles. The highest BCUT2D eigenvalue weighted by Crippen LogP contribution is 2.13. The number of carbonyl (C=O) groups is 1. The Balaban J connectivity index is 3.01. The van der Waals surface area contributed by atoms with E-state index in [2.05, 4.69) is 6.92 Å². The van der Waals surface area contributed by atoms with Crippen LogP contribution in [0.25, 0.3) is 0 Å². The summed E-state index contributed by atoms with van der Waals surface area (Å²) in [5.41, 5.74) is 0. The molecule has 22 heavy (non-hydrogen) atoms. The van der Waals surface area contributed by atoms with Gasteiger partial charge in [0.15, 0.2) is 0 Å². The van der Waals surface area contributed by atoms with Gasteiger partial charge in [-0.3, -0.25) is 4.79 Å². The Morgan fingerprint density at radius 2 is 1.05 bits per heavy atom. The second kappa shape index (κ2) is 18.7. The first-order valence-electron chi connectivity index (χ1n) is 9.63. The summed E-state index contributed by atoms with van der Waals surface area (Å²) in [4.78, 5) is 10.5. The van der Waals surface area contributed by atoms with Crippen LogP contribution in [0.1, 0.15) is 110 Å². The van der Waals surface area contributed by atoms with E-state index in [4.69, 9.17) is 11.6 Å². The molecule has 130 valence electrons. The van der Waals surface area contributed by atoms with Crippen LogP contribution < -0.4 is 0 Å². The monoisotopic (exact) mass is 328 g/mol. The average Bonchev–Trinajstić information content (AvgIpc) is 2.50. The lowest BCUT2D eigenvalue weighted by Crippen LogP contribution is -1.83. The number of carbonyl (C=O) groups excluding carboxylic acids is 1. The maximum absolute atomic E-state index is 10.5. The van der Waals surface area contributed by atoms with E-state index in [0.29, 0.717) is 0 Å². The molecule has 0 bridgehead atoms. The first-order chi connectivity index (χ1) is 10.8. The molecule has 0 heterocycles. The fourth-order valence-corrected chi connectivity index (χ4v) is 2.90. The Kier molecular flexibility index (Phi) is 18.5. The molecule has 0 N–H and O–H groups in total. The summed E-state index contributed by atoms with van der Waals surface area (Å²) in [5, 5.41) is -0.360. The molecule has 0 radical (unpaired) electrons. The highest BCUT2D eigenvalue weighted by atomic mass is 35.5. The van der Waals surface area contributed by atoms with Crippen LogP contribution in [0.4, 0.5) is 0 Å². The quantitative estimate of drug-likeness (QED) is 0.153. The van der Waals surface area contributed by atoms with Gasteiger partial charge in [0.2, 0.25) is 5.24 Å². The fraction of sp³-hybridized carbons (Fsp3) is 0.850. The van der Waals surface area contributed by atoms with Crippen LogP contribution in [0.5, 0.6) is 0 Å². The lowest BCUT2D eigenvalue weighted by atomic mass is 10.0. The molecule has 0 aromatic carbocycles. The molecule has 0 fully saturated rings. The van der Waals surface area contributed by atoms with Crippen molar-refractivity contribution >= 4 is 16.8 Å². The average molecular weight is 329 g/mol. The molecule has 0 saturated carbocycles. The highest BCUT2D eigenvalue weighted by molar-refractivity contribution is 6.66. The largest absolute Gasteiger partial charge is 0.276 e. The topological polar surface area (TPSA) is 17.1 Å². The van der Waals surface area contributed by atoms with Crippen molar-refractivity contribution in [1.29, 1.82) is 0 Å². The van der Waals surface area contributed by atoms with Crippen molar-refractivity contribution in [3.05, 3.63) is 12.2 Å². The van der Waals surface area contributed by atoms with Gasteiger partial charge >= 0.3 is 0 Å². The SMILES string of the molecule is CCCCCCCCCCCCCCCCC/C=C/C(=O)Cl. The van der Waals surface area contributed by atoms with Crippen molar-refractivity contribution in [3.63, 3.8) is 0 Å². The number of unbranched alkanes of at least 4 members (excludes halogenated alkanes) is 15. The molecule has 0 aliphatic heterocycles. The van der Waals surface area contributed by atoms with E-state index in [-0.39, 0.29) is 5.24 Å². The molecule has 1 nitrogen and oxygen atoms in total. The summed E-state index contributed by atoms with van der Waals surface area (Å²) < 4.78 is 0. The van der Waals surface area contributed by atoms with E-state index < -0.39 is 0 Å². The van der Waals surface area contributed by atoms with Gasteiger partial charge in [0, 0.05) is 0 Å². The Morgan fingerprint density at radius 1 is 0.682 bits per heavy atom. The molecule has 0 saturated heterocycles. The zero-order valence-corrected chi connectivity index (χ0v) is 15.5. The zero-order valence-electron chi connectivity index (χ0n) is 14.8. The Labute approximate surface area is 143 Å². The third kappa shape index (κ3) is 19.7. The minimum Gasteiger partial charge on any atom is -0.276 e. The number of hydrogen-bond donors (Lipinski definition) is 0. The van der Waals surface area contributed by atoms with Gasteiger partial charge in [-0.25, -0.2) is 0 Å². The molecular formula is C20H37ClO. The molecular weight excluding hydrogens is 292 g/mol. The van der Waals surface area contributed by atoms with Gasteiger partial charge in [-0.1, -0.05) is 103 Å². The maximum Gasteiger partial charge on any atom is 0.244 e. The molecule has 0 aliphatic rings. The normalized spacial score (nSPS) is 11.4. The van der Waals surface area contributed by atoms with Gasteiger partial charge in [0.25, 0.3) is 0 Å². The first-order valence-corrected chi connectivity index (χ1v) is 10.0. The van der Waals surface area contributed by atoms with Gasteiger partial charge in [-0.05, 0) is 30.5 Å². The van der Waals surface area contributed by atoms with E-state index in [1.165, 1.54) is 102 Å². The first kappa shape index (κ1) is 21.7. The summed E-state index contributed by atoms with van der Waals surface area (Å²) in [6.45, 7) is 2.28. The van der Waals surface area contributed by atoms with Crippen molar-refractivity contribution in [3.8, 4) is 0 Å². The standard InChI is InChI=1S/C20H37ClO/c1-2-3-4-5-6-7-8-9-10-11-12-13-14-15-16-17-18-19-20(21)22/h18-19H,2-17H2,1H3/b19-18+. The lowest BCUT2D eigenvalue weighted by Gasteiger charge is -2.03. The third-order valence-corrected chi connectivity index (χ3v) is 4.35. The van der Waals surface area contributed by atoms with Crippen molar-refractivity contribution in [2.75, 3.05) is 0 Å². The molecule has 0 aromatic rings. The zero-order chi connectivity index (χ0) is 16.3. The number of halogens is 1. The Hall–Kier alpha value is -0.300. The van der Waals surface area contributed by atoms with Gasteiger partial charge in [-0.2, -0.15) is 0 Å². The summed E-state index contributed by atoms with van der Waals surface area (Å²) in [7, 11) is 0. The van der Waals surface area contributed by atoms with Crippen molar-refractivity contribution in [2.24, 2.45) is 0 Å². The van der Waals surface area contributed by atoms with Gasteiger partial charge in [0.05, 0.1) is 0 Å². The van der Waals surface area contributed by atoms with Crippen LogP contribution in [-0.4, -0.2) is 5.24 Å². The highest BCUT2D eigenvalue weighted by Gasteiger charge is 1.94. The number of rotatable bonds is 17. The van der Waals surface area contributed by atoms with E-state index in [1.807, 2.05) is 6.08 Å². The second-order valence-electron chi connectivity index (χ2n) is 6.44. The molecule has 0 aliphatic carbocycles. The predicted molar refractivity (Wildman–Crippen MR) is 99.5 cm³/mol. The predicted octanol–water partition coefficient (Wildman–Crippen LogP) is 7.57. The van der Waals surface area contributed by atoms with E-state index in [9.17, 15) is 4.79 Å². The van der Waals surface area contributed by atoms with Crippen LogP contribution >= 0.6 is 11.6 Å². The summed E-state index contributed by atoms with van der Waals surface area (Å²) in [6.07, 6.45) is 25.2. The van der Waals surface area contributed by atoms with Gasteiger partial charge < -0.3 is 0 Å². The Morgan fingerprint density at radius 3 is 1.41 bits per heavy atom. The maximum atomic E-state index is 10.5. The van der Waals surface area contributed by atoms with E-state index in [0.717, 1.165) is 6.42 Å². The summed E-state index contributed by atoms with van der Waals surface area (Å²) in [5.74, 6) is 0. The van der Waals surface area contributed by atoms with E-state index in [1.54, 1.807) is 0 Å². The fourth-order valence-electron chi connectivity index (χ4n) is 2.81. The number of hydrogen-bond acceptors (Lipinski definition) is 1. The van der Waals surface area contributed by atoms with Crippen LogP contribution in [0, 0.1) is 0 Å². The van der Waals surface area contributed by atoms with E-state index >= 15 is 0 Å². The van der Waals surface area contributed by atoms with Crippen molar-refractivity contribution in [1.82, 2.24) is 0 Å². The van der Waals surface area contributed by atoms with Crippen molar-refractivity contribution < 1.29 is 4.79 Å². The molecule has 0 spiro atoms. The lowest BCUT2D eigenvalue weighted by molar-refractivity contribution is -0.107. The number of allylic oxidation sites excluding steroid dienone is 2. The Bertz CT molecular complexity index is 260. The van der Waals surface area contributed by atoms with Gasteiger partial charge in [0.1, 0.15) is 0 Å². The molecule has 0 rings (SSSR count). The molecule has 0 atom stereocenters. The summed E-state index contributed by atoms with van der Waals surface area (Å²) >= 11 is 5.22. The van der Waals surface area contributed by atoms with Crippen molar-refractivity contribution in [2.45, 2.75) is 110 Å². The molecule has 0 amide bonds. The molecule has 2 heteroatoms. The molecule has 0 unspecified atom stereocenters. The summed E-state index contributed by atoms with van der Waals surface area (Å²) in [6, 6.07) is 0. The smallest absolute Gasteiger partial charge is 0.244 e. The minimum absolute atomic E-state index is 0.360. The van der Waals surface area contributed by atoms with Gasteiger partial charge in [-0.15, -0.1) is 0 Å². The van der Waals surface area contributed by atoms with Crippen LogP contribution in [0.15, 0.2) is 12.2 Å². The van der Waals surface area contributed by atoms with Crippen LogP contribution in [0.2, 0.25) is 0 Å². The van der Waals surface area contributed by atoms with Crippen LogP contribution in [-0.2, 0) is 4.79 Å². The third-order valence-electron chi connectivity index (χ3n) is 4.22. The van der Waals surface area contributed by atoms with Crippen LogP contribution in [0.3, 0.4) is 0 Å². The minimum atomic E-state index is -0.360.